The van der Waals surface area contributed by atoms with Crippen LogP contribution in [0, 0.1) is 5.82 Å². The summed E-state index contributed by atoms with van der Waals surface area (Å²) in [6.07, 6.45) is -0.838. The fourth-order valence-corrected chi connectivity index (χ4v) is 1.98. The van der Waals surface area contributed by atoms with Crippen LogP contribution in [0.1, 0.15) is 12.0 Å². The van der Waals surface area contributed by atoms with Gasteiger partial charge in [-0.25, -0.2) is 13.2 Å². The molecular weight excluding hydrogens is 237 g/mol. The standard InChI is InChI=1S/C11H9F3O3/c1-17-8-6(3-2-4-7(8)12)10(9(15)16)5-11(10,13)14/h2-4H,5H2,1H3,(H,15,16). The lowest BCUT2D eigenvalue weighted by Gasteiger charge is -2.15. The van der Waals surface area contributed by atoms with Crippen molar-refractivity contribution in [3.63, 3.8) is 0 Å². The van der Waals surface area contributed by atoms with Crippen molar-refractivity contribution in [2.75, 3.05) is 7.11 Å². The molecule has 1 unspecified atom stereocenters. The van der Waals surface area contributed by atoms with Gasteiger partial charge < -0.3 is 9.84 Å². The molecular formula is C11H9F3O3. The van der Waals surface area contributed by atoms with Crippen LogP contribution >= 0.6 is 0 Å². The fourth-order valence-electron chi connectivity index (χ4n) is 1.98. The Morgan fingerprint density at radius 2 is 2.06 bits per heavy atom. The number of halogens is 3. The summed E-state index contributed by atoms with van der Waals surface area (Å²) in [6, 6.07) is 3.36. The first-order chi connectivity index (χ1) is 7.87. The van der Waals surface area contributed by atoms with Crippen molar-refractivity contribution in [1.29, 1.82) is 0 Å². The molecule has 1 fully saturated rings. The second-order valence-corrected chi connectivity index (χ2v) is 3.91. The van der Waals surface area contributed by atoms with Gasteiger partial charge in [0.1, 0.15) is 0 Å². The average molecular weight is 246 g/mol. The van der Waals surface area contributed by atoms with Crippen LogP contribution in [0.3, 0.4) is 0 Å². The Kier molecular flexibility index (Phi) is 2.34. The summed E-state index contributed by atoms with van der Waals surface area (Å²) in [5, 5.41) is 8.95. The maximum absolute atomic E-state index is 13.4. The van der Waals surface area contributed by atoms with Crippen molar-refractivity contribution in [1.82, 2.24) is 0 Å². The molecule has 1 aromatic carbocycles. The zero-order valence-corrected chi connectivity index (χ0v) is 8.84. The normalized spacial score (nSPS) is 25.4. The summed E-state index contributed by atoms with van der Waals surface area (Å²) in [5.41, 5.74) is -2.68. The number of benzene rings is 1. The van der Waals surface area contributed by atoms with Gasteiger partial charge in [-0.1, -0.05) is 12.1 Å². The van der Waals surface area contributed by atoms with Crippen LogP contribution in [-0.4, -0.2) is 24.1 Å². The molecule has 2 rings (SSSR count). The smallest absolute Gasteiger partial charge is 0.320 e. The Bertz CT molecular complexity index is 487. The molecule has 0 aromatic heterocycles. The third-order valence-corrected chi connectivity index (χ3v) is 2.98. The van der Waals surface area contributed by atoms with E-state index in [1.54, 1.807) is 0 Å². The van der Waals surface area contributed by atoms with Crippen LogP contribution in [0.5, 0.6) is 5.75 Å². The summed E-state index contributed by atoms with van der Waals surface area (Å²) in [4.78, 5) is 11.0. The number of aliphatic carboxylic acids is 1. The van der Waals surface area contributed by atoms with Gasteiger partial charge in [0.15, 0.2) is 17.0 Å². The summed E-state index contributed by atoms with van der Waals surface area (Å²) in [7, 11) is 1.11. The third kappa shape index (κ3) is 1.40. The first-order valence-corrected chi connectivity index (χ1v) is 4.81. The predicted molar refractivity (Wildman–Crippen MR) is 51.8 cm³/mol. The van der Waals surface area contributed by atoms with Crippen LogP contribution < -0.4 is 4.74 Å². The molecule has 0 aliphatic heterocycles. The number of carboxylic acids is 1. The molecule has 1 atom stereocenters. The number of hydrogen-bond donors (Lipinski definition) is 1. The lowest BCUT2D eigenvalue weighted by atomic mass is 9.94. The van der Waals surface area contributed by atoms with Crippen LogP contribution in [-0.2, 0) is 10.2 Å². The molecule has 0 radical (unpaired) electrons. The van der Waals surface area contributed by atoms with Gasteiger partial charge in [-0.05, 0) is 6.07 Å². The van der Waals surface area contributed by atoms with E-state index in [4.69, 9.17) is 5.11 Å². The van der Waals surface area contributed by atoms with Crippen molar-refractivity contribution < 1.29 is 27.8 Å². The molecule has 1 saturated carbocycles. The number of ether oxygens (including phenoxy) is 1. The first-order valence-electron chi connectivity index (χ1n) is 4.81. The van der Waals surface area contributed by atoms with E-state index >= 15 is 0 Å². The number of carboxylic acid groups (broad SMARTS) is 1. The summed E-state index contributed by atoms with van der Waals surface area (Å²) in [5.74, 6) is -6.34. The van der Waals surface area contributed by atoms with E-state index in [2.05, 4.69) is 4.74 Å². The van der Waals surface area contributed by atoms with E-state index in [-0.39, 0.29) is 5.56 Å². The highest BCUT2D eigenvalue weighted by atomic mass is 19.3. The van der Waals surface area contributed by atoms with Crippen LogP contribution in [0.25, 0.3) is 0 Å². The molecule has 3 nitrogen and oxygen atoms in total. The first kappa shape index (κ1) is 11.8. The summed E-state index contributed by atoms with van der Waals surface area (Å²) < 4.78 is 44.6. The van der Waals surface area contributed by atoms with Crippen molar-refractivity contribution >= 4 is 5.97 Å². The highest BCUT2D eigenvalue weighted by molar-refractivity contribution is 5.88. The predicted octanol–water partition coefficient (Wildman–Crippen LogP) is 2.20. The molecule has 1 aromatic rings. The minimum absolute atomic E-state index is 0.322. The topological polar surface area (TPSA) is 46.5 Å². The SMILES string of the molecule is COc1c(F)cccc1C1(C(=O)O)CC1(F)F. The van der Waals surface area contributed by atoms with Crippen LogP contribution in [0.2, 0.25) is 0 Å². The van der Waals surface area contributed by atoms with Crippen LogP contribution in [0.15, 0.2) is 18.2 Å². The highest BCUT2D eigenvalue weighted by Gasteiger charge is 2.78. The number of para-hydroxylation sites is 1. The zero-order valence-electron chi connectivity index (χ0n) is 8.84. The van der Waals surface area contributed by atoms with Gasteiger partial charge in [0.25, 0.3) is 5.92 Å². The van der Waals surface area contributed by atoms with Crippen molar-refractivity contribution in [2.45, 2.75) is 17.8 Å². The third-order valence-electron chi connectivity index (χ3n) is 2.98. The second kappa shape index (κ2) is 3.38. The Morgan fingerprint density at radius 3 is 2.47 bits per heavy atom. The van der Waals surface area contributed by atoms with Gasteiger partial charge in [-0.15, -0.1) is 0 Å². The maximum atomic E-state index is 13.4. The van der Waals surface area contributed by atoms with Crippen molar-refractivity contribution in [3.8, 4) is 5.75 Å². The van der Waals surface area contributed by atoms with Gasteiger partial charge in [0.05, 0.1) is 7.11 Å². The minimum atomic E-state index is -3.38. The largest absolute Gasteiger partial charge is 0.493 e. The number of alkyl halides is 2. The van der Waals surface area contributed by atoms with E-state index in [0.29, 0.717) is 0 Å². The molecule has 0 heterocycles. The van der Waals surface area contributed by atoms with E-state index in [1.807, 2.05) is 0 Å². The lowest BCUT2D eigenvalue weighted by Crippen LogP contribution is -2.27. The van der Waals surface area contributed by atoms with E-state index in [9.17, 15) is 18.0 Å². The van der Waals surface area contributed by atoms with Gasteiger partial charge in [0, 0.05) is 12.0 Å². The van der Waals surface area contributed by atoms with E-state index in [1.165, 1.54) is 6.07 Å². The summed E-state index contributed by atoms with van der Waals surface area (Å²) >= 11 is 0. The van der Waals surface area contributed by atoms with E-state index < -0.39 is 35.3 Å². The number of methoxy groups -OCH3 is 1. The van der Waals surface area contributed by atoms with Crippen molar-refractivity contribution in [3.05, 3.63) is 29.6 Å². The maximum Gasteiger partial charge on any atom is 0.320 e. The molecule has 92 valence electrons. The molecule has 1 aliphatic carbocycles. The Balaban J connectivity index is 2.62. The minimum Gasteiger partial charge on any atom is -0.493 e. The zero-order chi connectivity index (χ0) is 12.8. The molecule has 17 heavy (non-hydrogen) atoms. The Morgan fingerprint density at radius 1 is 1.47 bits per heavy atom. The van der Waals surface area contributed by atoms with E-state index in [0.717, 1.165) is 19.2 Å². The molecule has 1 N–H and O–H groups in total. The molecule has 6 heteroatoms. The van der Waals surface area contributed by atoms with Gasteiger partial charge >= 0.3 is 5.97 Å². The Labute approximate surface area is 94.8 Å². The van der Waals surface area contributed by atoms with Gasteiger partial charge in [-0.2, -0.15) is 0 Å². The Hall–Kier alpha value is -1.72. The lowest BCUT2D eigenvalue weighted by molar-refractivity contribution is -0.143. The number of rotatable bonds is 3. The fraction of sp³-hybridized carbons (Fsp3) is 0.364. The second-order valence-electron chi connectivity index (χ2n) is 3.91. The number of carbonyl (C=O) groups is 1. The quantitative estimate of drug-likeness (QED) is 0.889. The van der Waals surface area contributed by atoms with Crippen LogP contribution in [0.4, 0.5) is 13.2 Å². The molecule has 0 bridgehead atoms. The molecule has 1 aliphatic rings. The van der Waals surface area contributed by atoms with Crippen molar-refractivity contribution in [2.24, 2.45) is 0 Å². The molecule has 0 spiro atoms. The summed E-state index contributed by atoms with van der Waals surface area (Å²) in [6.45, 7) is 0. The molecule has 0 amide bonds. The number of hydrogen-bond acceptors (Lipinski definition) is 2. The average Bonchev–Trinajstić information content (AvgIpc) is 2.83. The monoisotopic (exact) mass is 246 g/mol. The highest BCUT2D eigenvalue weighted by Crippen LogP contribution is 2.63. The van der Waals surface area contributed by atoms with Gasteiger partial charge in [0.2, 0.25) is 0 Å². The van der Waals surface area contributed by atoms with Gasteiger partial charge in [-0.3, -0.25) is 4.79 Å². The molecule has 0 saturated heterocycles.